The number of benzene rings is 1. The summed E-state index contributed by atoms with van der Waals surface area (Å²) in [5, 5.41) is 5.45. The van der Waals surface area contributed by atoms with Crippen molar-refractivity contribution < 1.29 is 14.4 Å². The van der Waals surface area contributed by atoms with E-state index in [9.17, 15) is 14.4 Å². The highest BCUT2D eigenvalue weighted by atomic mass is 16.2. The number of nitrogens with zero attached hydrogens (tertiary/aromatic N) is 3. The molecule has 136 valence electrons. The van der Waals surface area contributed by atoms with Crippen molar-refractivity contribution in [2.24, 2.45) is 0 Å². The molecule has 3 rings (SSSR count). The largest absolute Gasteiger partial charge is 0.354 e. The molecule has 0 bridgehead atoms. The average molecular weight is 355 g/mol. The van der Waals surface area contributed by atoms with Gasteiger partial charge in [-0.2, -0.15) is 0 Å². The summed E-state index contributed by atoms with van der Waals surface area (Å²) >= 11 is 0. The highest BCUT2D eigenvalue weighted by molar-refractivity contribution is 6.21. The number of amides is 4. The van der Waals surface area contributed by atoms with Crippen molar-refractivity contribution in [2.75, 3.05) is 11.4 Å². The molecule has 2 N–H and O–H groups in total. The Morgan fingerprint density at radius 1 is 1.27 bits per heavy atom. The van der Waals surface area contributed by atoms with Crippen molar-refractivity contribution in [1.82, 2.24) is 20.2 Å². The van der Waals surface area contributed by atoms with Crippen molar-refractivity contribution in [2.45, 2.75) is 32.4 Å². The van der Waals surface area contributed by atoms with Crippen LogP contribution >= 0.6 is 0 Å². The van der Waals surface area contributed by atoms with E-state index in [0.29, 0.717) is 18.8 Å². The number of aryl methyl sites for hydroxylation is 1. The minimum absolute atomic E-state index is 0.150. The Kier molecular flexibility index (Phi) is 5.31. The Morgan fingerprint density at radius 3 is 2.73 bits per heavy atom. The van der Waals surface area contributed by atoms with Gasteiger partial charge in [-0.1, -0.05) is 18.2 Å². The van der Waals surface area contributed by atoms with E-state index in [1.165, 1.54) is 0 Å². The number of para-hydroxylation sites is 1. The lowest BCUT2D eigenvalue weighted by Crippen LogP contribution is -2.33. The number of hydrogen-bond acceptors (Lipinski definition) is 4. The van der Waals surface area contributed by atoms with E-state index >= 15 is 0 Å². The number of anilines is 1. The molecule has 0 saturated carbocycles. The van der Waals surface area contributed by atoms with E-state index in [0.717, 1.165) is 10.7 Å². The minimum Gasteiger partial charge on any atom is -0.354 e. The normalized spacial score (nSPS) is 16.7. The summed E-state index contributed by atoms with van der Waals surface area (Å²) in [6.07, 6.45) is 4.00. The molecule has 26 heavy (non-hydrogen) atoms. The van der Waals surface area contributed by atoms with Gasteiger partial charge in [0.25, 0.3) is 5.91 Å². The number of imide groups is 1. The lowest BCUT2D eigenvalue weighted by atomic mass is 10.1. The number of imidazole rings is 1. The molecule has 1 aliphatic rings. The van der Waals surface area contributed by atoms with Gasteiger partial charge in [0, 0.05) is 31.9 Å². The molecule has 8 heteroatoms. The Bertz CT molecular complexity index is 802. The SMILES string of the molecule is Cc1nccn1CCNC(=O)CC[C@H]1NC(=O)N(c2ccccc2)C1=O. The van der Waals surface area contributed by atoms with Crippen molar-refractivity contribution in [3.63, 3.8) is 0 Å². The van der Waals surface area contributed by atoms with Gasteiger partial charge >= 0.3 is 6.03 Å². The number of hydrogen-bond donors (Lipinski definition) is 2. The number of urea groups is 1. The summed E-state index contributed by atoms with van der Waals surface area (Å²) < 4.78 is 1.94. The summed E-state index contributed by atoms with van der Waals surface area (Å²) in [6, 6.07) is 7.60. The maximum Gasteiger partial charge on any atom is 0.329 e. The molecule has 0 spiro atoms. The van der Waals surface area contributed by atoms with Gasteiger partial charge in [0.05, 0.1) is 5.69 Å². The number of nitrogens with one attached hydrogen (secondary N) is 2. The average Bonchev–Trinajstić information content (AvgIpc) is 3.16. The van der Waals surface area contributed by atoms with E-state index in [1.54, 1.807) is 30.5 Å². The van der Waals surface area contributed by atoms with Crippen molar-refractivity contribution in [3.8, 4) is 0 Å². The van der Waals surface area contributed by atoms with Crippen molar-refractivity contribution >= 4 is 23.5 Å². The van der Waals surface area contributed by atoms with Gasteiger partial charge in [-0.15, -0.1) is 0 Å². The first kappa shape index (κ1) is 17.7. The molecular formula is C18H21N5O3. The standard InChI is InChI=1S/C18H21N5O3/c1-13-19-9-11-22(13)12-10-20-16(24)8-7-15-17(25)23(18(26)21-15)14-5-3-2-4-6-14/h2-6,9,11,15H,7-8,10,12H2,1H3,(H,20,24)(H,21,26)/t15-/m1/s1. The van der Waals surface area contributed by atoms with Crippen LogP contribution in [0.2, 0.25) is 0 Å². The van der Waals surface area contributed by atoms with Crippen LogP contribution < -0.4 is 15.5 Å². The molecule has 4 amide bonds. The van der Waals surface area contributed by atoms with Crippen LogP contribution in [-0.4, -0.2) is 40.0 Å². The third kappa shape index (κ3) is 3.90. The van der Waals surface area contributed by atoms with Gasteiger partial charge in [-0.3, -0.25) is 9.59 Å². The number of carbonyl (C=O) groups is 3. The summed E-state index contributed by atoms with van der Waals surface area (Å²) in [5.74, 6) is 0.408. The highest BCUT2D eigenvalue weighted by Crippen LogP contribution is 2.20. The van der Waals surface area contributed by atoms with Crippen molar-refractivity contribution in [3.05, 3.63) is 48.5 Å². The molecule has 1 aromatic heterocycles. The quantitative estimate of drug-likeness (QED) is 0.730. The Labute approximate surface area is 151 Å². The van der Waals surface area contributed by atoms with Gasteiger partial charge < -0.3 is 15.2 Å². The Balaban J connectivity index is 1.46. The van der Waals surface area contributed by atoms with Crippen LogP contribution in [0.4, 0.5) is 10.5 Å². The van der Waals surface area contributed by atoms with Crippen molar-refractivity contribution in [1.29, 1.82) is 0 Å². The van der Waals surface area contributed by atoms with Gasteiger partial charge in [-0.05, 0) is 25.5 Å². The van der Waals surface area contributed by atoms with Gasteiger partial charge in [0.2, 0.25) is 5.91 Å². The van der Waals surface area contributed by atoms with E-state index < -0.39 is 12.1 Å². The molecular weight excluding hydrogens is 334 g/mol. The molecule has 0 radical (unpaired) electrons. The zero-order valence-electron chi connectivity index (χ0n) is 14.5. The summed E-state index contributed by atoms with van der Waals surface area (Å²) in [4.78, 5) is 41.7. The molecule has 1 aromatic carbocycles. The molecule has 0 aliphatic carbocycles. The van der Waals surface area contributed by atoms with Gasteiger partial charge in [-0.25, -0.2) is 14.7 Å². The van der Waals surface area contributed by atoms with Crippen LogP contribution in [0.25, 0.3) is 0 Å². The van der Waals surface area contributed by atoms with E-state index in [2.05, 4.69) is 15.6 Å². The lowest BCUT2D eigenvalue weighted by molar-refractivity contribution is -0.121. The fourth-order valence-electron chi connectivity index (χ4n) is 2.87. The second-order valence-electron chi connectivity index (χ2n) is 6.07. The first-order valence-electron chi connectivity index (χ1n) is 8.50. The summed E-state index contributed by atoms with van der Waals surface area (Å²) in [6.45, 7) is 3.02. The summed E-state index contributed by atoms with van der Waals surface area (Å²) in [5.41, 5.74) is 0.526. The third-order valence-electron chi connectivity index (χ3n) is 4.29. The second kappa shape index (κ2) is 7.81. The maximum atomic E-state index is 12.4. The molecule has 1 fully saturated rings. The third-order valence-corrected chi connectivity index (χ3v) is 4.29. The lowest BCUT2D eigenvalue weighted by Gasteiger charge is -2.12. The van der Waals surface area contributed by atoms with Crippen LogP contribution in [0.15, 0.2) is 42.7 Å². The van der Waals surface area contributed by atoms with E-state index in [1.807, 2.05) is 23.8 Å². The minimum atomic E-state index is -0.677. The van der Waals surface area contributed by atoms with Gasteiger partial charge in [0.1, 0.15) is 11.9 Å². The van der Waals surface area contributed by atoms with Crippen LogP contribution in [0.5, 0.6) is 0 Å². The Morgan fingerprint density at radius 2 is 2.04 bits per heavy atom. The van der Waals surface area contributed by atoms with Gasteiger partial charge in [0.15, 0.2) is 0 Å². The predicted molar refractivity (Wildman–Crippen MR) is 95.5 cm³/mol. The van der Waals surface area contributed by atoms with Crippen LogP contribution in [-0.2, 0) is 16.1 Å². The molecule has 2 aromatic rings. The molecule has 8 nitrogen and oxygen atoms in total. The first-order valence-corrected chi connectivity index (χ1v) is 8.50. The highest BCUT2D eigenvalue weighted by Gasteiger charge is 2.38. The van der Waals surface area contributed by atoms with Crippen LogP contribution in [0.3, 0.4) is 0 Å². The first-order chi connectivity index (χ1) is 12.6. The zero-order valence-corrected chi connectivity index (χ0v) is 14.5. The second-order valence-corrected chi connectivity index (χ2v) is 6.07. The molecule has 1 atom stereocenters. The molecule has 2 heterocycles. The van der Waals surface area contributed by atoms with E-state index in [-0.39, 0.29) is 24.7 Å². The topological polar surface area (TPSA) is 96.3 Å². The van der Waals surface area contributed by atoms with Crippen LogP contribution in [0, 0.1) is 6.92 Å². The molecule has 1 aliphatic heterocycles. The van der Waals surface area contributed by atoms with E-state index in [4.69, 9.17) is 0 Å². The molecule has 0 unspecified atom stereocenters. The molecule has 1 saturated heterocycles. The number of rotatable bonds is 7. The maximum absolute atomic E-state index is 12.4. The zero-order chi connectivity index (χ0) is 18.5. The fraction of sp³-hybridized carbons (Fsp3) is 0.333. The number of carbonyl (C=O) groups excluding carboxylic acids is 3. The van der Waals surface area contributed by atoms with Crippen LogP contribution in [0.1, 0.15) is 18.7 Å². The fourth-order valence-corrected chi connectivity index (χ4v) is 2.87. The predicted octanol–water partition coefficient (Wildman–Crippen LogP) is 1.21. The monoisotopic (exact) mass is 355 g/mol. The number of aromatic nitrogens is 2. The Hall–Kier alpha value is -3.16. The smallest absolute Gasteiger partial charge is 0.329 e. The summed E-state index contributed by atoms with van der Waals surface area (Å²) in [7, 11) is 0.